The molecule has 2 rings (SSSR count). The van der Waals surface area contributed by atoms with E-state index in [0.29, 0.717) is 30.6 Å². The molecule has 2 aromatic rings. The monoisotopic (exact) mass is 554 g/mol. The predicted octanol–water partition coefficient (Wildman–Crippen LogP) is 9.96. The van der Waals surface area contributed by atoms with Crippen LogP contribution in [0.1, 0.15) is 127 Å². The van der Waals surface area contributed by atoms with Crippen LogP contribution in [0, 0.1) is 0 Å². The summed E-state index contributed by atoms with van der Waals surface area (Å²) in [4.78, 5) is 12.5. The van der Waals surface area contributed by atoms with Crippen molar-refractivity contribution < 1.29 is 23.7 Å². The van der Waals surface area contributed by atoms with E-state index in [1.807, 2.05) is 24.3 Å². The smallest absolute Gasteiger partial charge is 0.343 e. The van der Waals surface area contributed by atoms with E-state index < -0.39 is 0 Å². The van der Waals surface area contributed by atoms with Gasteiger partial charge >= 0.3 is 5.97 Å². The zero-order valence-corrected chi connectivity index (χ0v) is 25.5. The minimum atomic E-state index is -0.383. The van der Waals surface area contributed by atoms with E-state index in [1.54, 1.807) is 24.3 Å². The fourth-order valence-electron chi connectivity index (χ4n) is 4.50. The maximum absolute atomic E-state index is 12.5. The predicted molar refractivity (Wildman–Crippen MR) is 165 cm³/mol. The van der Waals surface area contributed by atoms with E-state index in [9.17, 15) is 4.79 Å². The zero-order valence-electron chi connectivity index (χ0n) is 25.5. The Morgan fingerprint density at radius 1 is 0.575 bits per heavy atom. The number of esters is 1. The van der Waals surface area contributed by atoms with Crippen LogP contribution in [-0.2, 0) is 4.74 Å². The van der Waals surface area contributed by atoms with E-state index in [-0.39, 0.29) is 5.97 Å². The summed E-state index contributed by atoms with van der Waals surface area (Å²) in [5.41, 5.74) is 0.500. The number of carbonyl (C=O) groups is 1. The average Bonchev–Trinajstić information content (AvgIpc) is 2.97. The van der Waals surface area contributed by atoms with Crippen molar-refractivity contribution in [1.29, 1.82) is 0 Å². The summed E-state index contributed by atoms with van der Waals surface area (Å²) in [5, 5.41) is 0. The number of carbonyl (C=O) groups excluding carboxylic acids is 1. The van der Waals surface area contributed by atoms with Gasteiger partial charge in [-0.05, 0) is 87.6 Å². The Kier molecular flexibility index (Phi) is 18.7. The molecule has 0 heterocycles. The molecule has 2 aromatic carbocycles. The third-order valence-corrected chi connectivity index (χ3v) is 7.06. The lowest BCUT2D eigenvalue weighted by molar-refractivity contribution is 0.0557. The summed E-state index contributed by atoms with van der Waals surface area (Å²) >= 11 is 0. The zero-order chi connectivity index (χ0) is 28.7. The summed E-state index contributed by atoms with van der Waals surface area (Å²) < 4.78 is 23.1. The van der Waals surface area contributed by atoms with Gasteiger partial charge in [0.05, 0.1) is 24.9 Å². The molecule has 5 heteroatoms. The van der Waals surface area contributed by atoms with Crippen molar-refractivity contribution in [2.75, 3.05) is 19.8 Å². The van der Waals surface area contributed by atoms with Gasteiger partial charge in [-0.15, -0.1) is 0 Å². The number of benzene rings is 2. The molecule has 0 aromatic heterocycles. The molecule has 0 N–H and O–H groups in total. The first-order chi connectivity index (χ1) is 19.6. The van der Waals surface area contributed by atoms with E-state index in [1.165, 1.54) is 57.8 Å². The molecule has 0 radical (unpaired) electrons. The molecule has 224 valence electrons. The molecular formula is C35H54O5. The molecular weight excluding hydrogens is 500 g/mol. The standard InChI is InChI=1S/C35H54O5/c1-4-6-8-9-10-11-12-16-28-38-32-21-19-31(20-22-32)35(36)40-34-25-23-33(24-26-34)39-29-17-13-14-18-30(3)37-27-15-7-5-2/h19-26,30H,4-18,27-29H2,1-3H3. The highest BCUT2D eigenvalue weighted by Crippen LogP contribution is 2.20. The van der Waals surface area contributed by atoms with Crippen LogP contribution in [0.2, 0.25) is 0 Å². The molecule has 0 amide bonds. The molecule has 0 aliphatic carbocycles. The number of hydrogen-bond acceptors (Lipinski definition) is 5. The molecule has 0 bridgehead atoms. The molecule has 5 nitrogen and oxygen atoms in total. The van der Waals surface area contributed by atoms with Gasteiger partial charge in [0.25, 0.3) is 0 Å². The summed E-state index contributed by atoms with van der Waals surface area (Å²) in [7, 11) is 0. The minimum Gasteiger partial charge on any atom is -0.494 e. The summed E-state index contributed by atoms with van der Waals surface area (Å²) in [6, 6.07) is 14.4. The Hall–Kier alpha value is -2.53. The third-order valence-electron chi connectivity index (χ3n) is 7.06. The van der Waals surface area contributed by atoms with Gasteiger partial charge in [0.2, 0.25) is 0 Å². The Morgan fingerprint density at radius 3 is 1.62 bits per heavy atom. The van der Waals surface area contributed by atoms with Crippen molar-refractivity contribution in [2.45, 2.75) is 123 Å². The molecule has 40 heavy (non-hydrogen) atoms. The van der Waals surface area contributed by atoms with E-state index in [4.69, 9.17) is 18.9 Å². The van der Waals surface area contributed by atoms with Gasteiger partial charge < -0.3 is 18.9 Å². The van der Waals surface area contributed by atoms with Crippen molar-refractivity contribution in [3.05, 3.63) is 54.1 Å². The fraction of sp³-hybridized carbons (Fsp3) is 0.629. The third kappa shape index (κ3) is 15.9. The van der Waals surface area contributed by atoms with Crippen molar-refractivity contribution in [2.24, 2.45) is 0 Å². The van der Waals surface area contributed by atoms with E-state index in [0.717, 1.165) is 56.6 Å². The Bertz CT molecular complexity index is 878. The maximum atomic E-state index is 12.5. The lowest BCUT2D eigenvalue weighted by atomic mass is 10.1. The highest BCUT2D eigenvalue weighted by Gasteiger charge is 2.09. The Balaban J connectivity index is 1.56. The lowest BCUT2D eigenvalue weighted by Gasteiger charge is -2.13. The second-order valence-corrected chi connectivity index (χ2v) is 10.8. The van der Waals surface area contributed by atoms with E-state index in [2.05, 4.69) is 20.8 Å². The molecule has 0 spiro atoms. The Labute approximate surface area is 243 Å². The highest BCUT2D eigenvalue weighted by molar-refractivity contribution is 5.91. The molecule has 0 aliphatic rings. The van der Waals surface area contributed by atoms with Gasteiger partial charge in [0.15, 0.2) is 0 Å². The van der Waals surface area contributed by atoms with Crippen LogP contribution in [0.25, 0.3) is 0 Å². The molecule has 0 fully saturated rings. The van der Waals surface area contributed by atoms with Crippen LogP contribution in [0.3, 0.4) is 0 Å². The first-order valence-corrected chi connectivity index (χ1v) is 15.9. The molecule has 0 aliphatic heterocycles. The highest BCUT2D eigenvalue weighted by atomic mass is 16.5. The first-order valence-electron chi connectivity index (χ1n) is 15.9. The SMILES string of the molecule is CCCCCCCCCCOc1ccc(C(=O)Oc2ccc(OCCCCCC(C)OCCCCC)cc2)cc1. The van der Waals surface area contributed by atoms with Crippen LogP contribution >= 0.6 is 0 Å². The largest absolute Gasteiger partial charge is 0.494 e. The van der Waals surface area contributed by atoms with Gasteiger partial charge in [-0.2, -0.15) is 0 Å². The minimum absolute atomic E-state index is 0.337. The van der Waals surface area contributed by atoms with Crippen LogP contribution in [0.4, 0.5) is 0 Å². The van der Waals surface area contributed by atoms with Gasteiger partial charge in [-0.25, -0.2) is 4.79 Å². The van der Waals surface area contributed by atoms with Crippen molar-refractivity contribution in [3.63, 3.8) is 0 Å². The first kappa shape index (κ1) is 33.7. The summed E-state index contributed by atoms with van der Waals surface area (Å²) in [5.74, 6) is 1.68. The molecule has 1 atom stereocenters. The average molecular weight is 555 g/mol. The van der Waals surface area contributed by atoms with Gasteiger partial charge in [-0.3, -0.25) is 0 Å². The van der Waals surface area contributed by atoms with Gasteiger partial charge in [-0.1, -0.05) is 78.1 Å². The lowest BCUT2D eigenvalue weighted by Crippen LogP contribution is -2.09. The van der Waals surface area contributed by atoms with Crippen LogP contribution in [0.15, 0.2) is 48.5 Å². The second-order valence-electron chi connectivity index (χ2n) is 10.8. The Morgan fingerprint density at radius 2 is 1.02 bits per heavy atom. The number of rotatable bonds is 24. The maximum Gasteiger partial charge on any atom is 0.343 e. The normalized spacial score (nSPS) is 11.8. The molecule has 0 saturated carbocycles. The summed E-state index contributed by atoms with van der Waals surface area (Å²) in [6.45, 7) is 8.89. The van der Waals surface area contributed by atoms with Crippen LogP contribution in [0.5, 0.6) is 17.2 Å². The van der Waals surface area contributed by atoms with Crippen LogP contribution < -0.4 is 14.2 Å². The molecule has 0 saturated heterocycles. The van der Waals surface area contributed by atoms with Gasteiger partial charge in [0, 0.05) is 6.61 Å². The molecule has 1 unspecified atom stereocenters. The van der Waals surface area contributed by atoms with Crippen molar-refractivity contribution >= 4 is 5.97 Å². The number of unbranched alkanes of at least 4 members (excludes halogenated alkanes) is 11. The van der Waals surface area contributed by atoms with E-state index >= 15 is 0 Å². The topological polar surface area (TPSA) is 54.0 Å². The quantitative estimate of drug-likeness (QED) is 0.0734. The van der Waals surface area contributed by atoms with Crippen LogP contribution in [-0.4, -0.2) is 31.9 Å². The van der Waals surface area contributed by atoms with Crippen molar-refractivity contribution in [3.8, 4) is 17.2 Å². The fourth-order valence-corrected chi connectivity index (χ4v) is 4.50. The summed E-state index contributed by atoms with van der Waals surface area (Å²) in [6.07, 6.45) is 18.6. The second kappa shape index (κ2) is 22.2. The van der Waals surface area contributed by atoms with Crippen molar-refractivity contribution in [1.82, 2.24) is 0 Å². The number of hydrogen-bond donors (Lipinski definition) is 0. The number of ether oxygens (including phenoxy) is 4. The van der Waals surface area contributed by atoms with Gasteiger partial charge in [0.1, 0.15) is 17.2 Å².